The molecule has 5 rings (SSSR count). The highest BCUT2D eigenvalue weighted by atomic mass is 32.1. The Balaban J connectivity index is 1.73. The van der Waals surface area contributed by atoms with E-state index in [1.54, 1.807) is 11.3 Å². The second-order valence-corrected chi connectivity index (χ2v) is 6.46. The van der Waals surface area contributed by atoms with Gasteiger partial charge < -0.3 is 0 Å². The van der Waals surface area contributed by atoms with Crippen molar-refractivity contribution in [3.8, 4) is 11.5 Å². The summed E-state index contributed by atoms with van der Waals surface area (Å²) >= 11 is 1.70. The van der Waals surface area contributed by atoms with Crippen LogP contribution < -0.4 is 0 Å². The van der Waals surface area contributed by atoms with Crippen molar-refractivity contribution < 1.29 is 0 Å². The van der Waals surface area contributed by atoms with Gasteiger partial charge in [0.05, 0.1) is 0 Å². The number of pyridine rings is 1. The summed E-state index contributed by atoms with van der Waals surface area (Å²) in [6.45, 7) is 0. The average molecular weight is 313 g/mol. The fourth-order valence-electron chi connectivity index (χ4n) is 2.84. The zero-order valence-corrected chi connectivity index (χ0v) is 12.9. The molecule has 0 atom stereocenters. The molecule has 0 N–H and O–H groups in total. The molecular weight excluding hydrogens is 302 g/mol. The zero-order valence-electron chi connectivity index (χ0n) is 12.1. The topological polar surface area (TPSA) is 38.7 Å². The van der Waals surface area contributed by atoms with Gasteiger partial charge in [0, 0.05) is 33.3 Å². The summed E-state index contributed by atoms with van der Waals surface area (Å²) in [5.41, 5.74) is 0.808. The van der Waals surface area contributed by atoms with Crippen molar-refractivity contribution in [2.24, 2.45) is 0 Å². The molecule has 0 radical (unpaired) electrons. The van der Waals surface area contributed by atoms with Gasteiger partial charge in [0.2, 0.25) is 0 Å². The lowest BCUT2D eigenvalue weighted by molar-refractivity contribution is 1.19. The summed E-state index contributed by atoms with van der Waals surface area (Å²) in [6, 6.07) is 18.6. The summed E-state index contributed by atoms with van der Waals surface area (Å²) in [6.07, 6.45) is 3.79. The molecule has 0 saturated carbocycles. The Morgan fingerprint density at radius 3 is 2.52 bits per heavy atom. The molecule has 3 aromatic heterocycles. The Morgan fingerprint density at radius 2 is 1.57 bits per heavy atom. The Kier molecular flexibility index (Phi) is 2.66. The maximum atomic E-state index is 4.73. The third-order valence-electron chi connectivity index (χ3n) is 4.00. The first kappa shape index (κ1) is 12.7. The van der Waals surface area contributed by atoms with E-state index in [-0.39, 0.29) is 0 Å². The predicted molar refractivity (Wildman–Crippen MR) is 95.7 cm³/mol. The van der Waals surface area contributed by atoms with Gasteiger partial charge in [-0.15, -0.1) is 11.3 Å². The molecule has 0 amide bonds. The van der Waals surface area contributed by atoms with Crippen molar-refractivity contribution in [2.75, 3.05) is 0 Å². The number of fused-ring (bicyclic) bond motifs is 4. The van der Waals surface area contributed by atoms with Crippen LogP contribution in [0.5, 0.6) is 0 Å². The Bertz CT molecular complexity index is 1180. The van der Waals surface area contributed by atoms with Crippen LogP contribution in [-0.2, 0) is 0 Å². The van der Waals surface area contributed by atoms with Crippen LogP contribution in [0.2, 0.25) is 0 Å². The van der Waals surface area contributed by atoms with Crippen LogP contribution in [0, 0.1) is 0 Å². The minimum atomic E-state index is 0.676. The highest BCUT2D eigenvalue weighted by molar-refractivity contribution is 7.25. The van der Waals surface area contributed by atoms with E-state index in [1.165, 1.54) is 10.1 Å². The lowest BCUT2D eigenvalue weighted by Gasteiger charge is -2.02. The van der Waals surface area contributed by atoms with Gasteiger partial charge in [0.1, 0.15) is 10.5 Å². The quantitative estimate of drug-likeness (QED) is 0.434. The molecule has 0 aliphatic carbocycles. The smallest absolute Gasteiger partial charge is 0.179 e. The number of rotatable bonds is 1. The Labute approximate surface area is 136 Å². The highest BCUT2D eigenvalue weighted by Gasteiger charge is 2.10. The molecule has 0 fully saturated rings. The molecule has 0 aliphatic heterocycles. The van der Waals surface area contributed by atoms with Gasteiger partial charge in [-0.25, -0.2) is 9.97 Å². The zero-order chi connectivity index (χ0) is 15.2. The fourth-order valence-corrected chi connectivity index (χ4v) is 3.89. The molecule has 2 aromatic carbocycles. The Morgan fingerprint density at radius 1 is 0.739 bits per heavy atom. The molecule has 0 saturated heterocycles. The number of aromatic nitrogens is 3. The van der Waals surface area contributed by atoms with E-state index in [4.69, 9.17) is 4.98 Å². The molecule has 0 bridgehead atoms. The fraction of sp³-hybridized carbons (Fsp3) is 0. The molecule has 0 aliphatic rings. The van der Waals surface area contributed by atoms with E-state index in [2.05, 4.69) is 40.3 Å². The molecule has 108 valence electrons. The predicted octanol–water partition coefficient (Wildman–Crippen LogP) is 5.06. The van der Waals surface area contributed by atoms with E-state index in [0.29, 0.717) is 5.82 Å². The van der Waals surface area contributed by atoms with Crippen LogP contribution in [0.4, 0.5) is 0 Å². The van der Waals surface area contributed by atoms with Crippen LogP contribution in [0.15, 0.2) is 67.0 Å². The van der Waals surface area contributed by atoms with E-state index in [9.17, 15) is 0 Å². The van der Waals surface area contributed by atoms with Gasteiger partial charge in [-0.3, -0.25) is 4.98 Å². The minimum absolute atomic E-state index is 0.676. The summed E-state index contributed by atoms with van der Waals surface area (Å²) in [5.74, 6) is 0.676. The monoisotopic (exact) mass is 313 g/mol. The molecule has 23 heavy (non-hydrogen) atoms. The lowest BCUT2D eigenvalue weighted by atomic mass is 10.1. The van der Waals surface area contributed by atoms with Crippen molar-refractivity contribution in [2.45, 2.75) is 0 Å². The summed E-state index contributed by atoms with van der Waals surface area (Å²) in [5, 5.41) is 4.59. The number of thiophene rings is 1. The maximum absolute atomic E-state index is 4.73. The van der Waals surface area contributed by atoms with Crippen molar-refractivity contribution in [1.29, 1.82) is 0 Å². The molecule has 4 heteroatoms. The summed E-state index contributed by atoms with van der Waals surface area (Å²) in [7, 11) is 0. The molecule has 0 unspecified atom stereocenters. The minimum Gasteiger partial charge on any atom is -0.252 e. The average Bonchev–Trinajstić information content (AvgIpc) is 2.99. The van der Waals surface area contributed by atoms with Gasteiger partial charge in [-0.1, -0.05) is 42.5 Å². The van der Waals surface area contributed by atoms with Gasteiger partial charge in [-0.2, -0.15) is 0 Å². The SMILES string of the molecule is c1ccc2cc(-c3ncc4c(n3)sc3ccccc34)ncc2c1. The summed E-state index contributed by atoms with van der Waals surface area (Å²) in [4.78, 5) is 14.8. The van der Waals surface area contributed by atoms with Gasteiger partial charge in [-0.05, 0) is 17.5 Å². The van der Waals surface area contributed by atoms with Crippen molar-refractivity contribution in [3.63, 3.8) is 0 Å². The molecule has 5 aromatic rings. The molecule has 3 nitrogen and oxygen atoms in total. The van der Waals surface area contributed by atoms with Crippen molar-refractivity contribution in [1.82, 2.24) is 15.0 Å². The first-order chi connectivity index (χ1) is 11.4. The largest absolute Gasteiger partial charge is 0.252 e. The first-order valence-corrected chi connectivity index (χ1v) is 8.19. The van der Waals surface area contributed by atoms with Gasteiger partial charge in [0.25, 0.3) is 0 Å². The lowest BCUT2D eigenvalue weighted by Crippen LogP contribution is -1.91. The van der Waals surface area contributed by atoms with E-state index in [1.807, 2.05) is 36.7 Å². The van der Waals surface area contributed by atoms with Crippen LogP contribution in [0.3, 0.4) is 0 Å². The number of benzene rings is 2. The summed E-state index contributed by atoms with van der Waals surface area (Å²) < 4.78 is 1.24. The maximum Gasteiger partial charge on any atom is 0.179 e. The molecule has 0 spiro atoms. The van der Waals surface area contributed by atoms with Crippen molar-refractivity contribution >= 4 is 42.4 Å². The van der Waals surface area contributed by atoms with Crippen LogP contribution in [0.1, 0.15) is 0 Å². The van der Waals surface area contributed by atoms with Crippen LogP contribution in [-0.4, -0.2) is 15.0 Å². The highest BCUT2D eigenvalue weighted by Crippen LogP contribution is 2.32. The van der Waals surface area contributed by atoms with Gasteiger partial charge >= 0.3 is 0 Å². The van der Waals surface area contributed by atoms with Crippen LogP contribution in [0.25, 0.3) is 42.6 Å². The normalized spacial score (nSPS) is 11.5. The first-order valence-electron chi connectivity index (χ1n) is 7.38. The number of hydrogen-bond acceptors (Lipinski definition) is 4. The van der Waals surface area contributed by atoms with E-state index in [0.717, 1.165) is 26.7 Å². The standard InChI is InChI=1S/C19H11N3S/c1-2-6-13-10-20-16(9-12(13)5-1)18-21-11-15-14-7-3-4-8-17(14)23-19(15)22-18/h1-11H. The Hall–Kier alpha value is -2.85. The van der Waals surface area contributed by atoms with Crippen molar-refractivity contribution in [3.05, 3.63) is 67.0 Å². The second kappa shape index (κ2) is 4.83. The van der Waals surface area contributed by atoms with Gasteiger partial charge in [0.15, 0.2) is 5.82 Å². The molecular formula is C19H11N3S. The number of nitrogens with zero attached hydrogens (tertiary/aromatic N) is 3. The van der Waals surface area contributed by atoms with E-state index < -0.39 is 0 Å². The van der Waals surface area contributed by atoms with Crippen LogP contribution >= 0.6 is 11.3 Å². The third-order valence-corrected chi connectivity index (χ3v) is 5.08. The molecule has 3 heterocycles. The van der Waals surface area contributed by atoms with E-state index >= 15 is 0 Å². The second-order valence-electron chi connectivity index (χ2n) is 5.43. The third kappa shape index (κ3) is 1.99. The number of hydrogen-bond donors (Lipinski definition) is 0.